The summed E-state index contributed by atoms with van der Waals surface area (Å²) < 4.78 is 7.54. The number of hydrogen-bond acceptors (Lipinski definition) is 3. The van der Waals surface area contributed by atoms with Crippen molar-refractivity contribution < 1.29 is 19.2 Å². The molecular formula is C21H25N2O3+. The van der Waals surface area contributed by atoms with Gasteiger partial charge < -0.3 is 14.8 Å². The molecule has 0 spiro atoms. The van der Waals surface area contributed by atoms with Crippen LogP contribution in [-0.2, 0) is 16.0 Å². The Morgan fingerprint density at radius 1 is 1.31 bits per heavy atom. The number of para-hydroxylation sites is 1. The van der Waals surface area contributed by atoms with E-state index in [0.717, 1.165) is 32.4 Å². The molecule has 0 saturated heterocycles. The molecular weight excluding hydrogens is 328 g/mol. The molecule has 136 valence electrons. The van der Waals surface area contributed by atoms with Crippen molar-refractivity contribution in [2.75, 3.05) is 20.2 Å². The van der Waals surface area contributed by atoms with Crippen LogP contribution in [0, 0.1) is 17.8 Å². The number of carbonyl (C=O) groups excluding carboxylic acids is 1. The SMILES string of the molecule is COC(=O)C1C(O)CCC2C[N+]3=C(CC21)c1[nH]c2ccccc2c1CC3. The first-order chi connectivity index (χ1) is 12.7. The molecule has 3 heterocycles. The minimum Gasteiger partial charge on any atom is -0.469 e. The minimum atomic E-state index is -0.582. The number of ether oxygens (including phenoxy) is 1. The average Bonchev–Trinajstić information content (AvgIpc) is 3.05. The fraction of sp³-hybridized carbons (Fsp3) is 0.524. The monoisotopic (exact) mass is 353 g/mol. The molecule has 5 rings (SSSR count). The number of nitrogens with one attached hydrogen (secondary N) is 1. The normalized spacial score (nSPS) is 30.5. The molecule has 1 fully saturated rings. The van der Waals surface area contributed by atoms with Crippen molar-refractivity contribution in [2.24, 2.45) is 17.8 Å². The summed E-state index contributed by atoms with van der Waals surface area (Å²) in [7, 11) is 1.43. The lowest BCUT2D eigenvalue weighted by Gasteiger charge is -2.41. The highest BCUT2D eigenvalue weighted by molar-refractivity contribution is 6.03. The molecule has 1 aromatic carbocycles. The first kappa shape index (κ1) is 16.1. The molecule has 4 unspecified atom stereocenters. The van der Waals surface area contributed by atoms with Crippen LogP contribution in [0.1, 0.15) is 30.5 Å². The molecule has 5 heteroatoms. The van der Waals surface area contributed by atoms with E-state index in [1.807, 2.05) is 0 Å². The topological polar surface area (TPSA) is 65.3 Å². The van der Waals surface area contributed by atoms with Gasteiger partial charge in [0.2, 0.25) is 0 Å². The maximum absolute atomic E-state index is 12.4. The van der Waals surface area contributed by atoms with Crippen LogP contribution in [0.3, 0.4) is 0 Å². The Morgan fingerprint density at radius 2 is 2.15 bits per heavy atom. The lowest BCUT2D eigenvalue weighted by Crippen LogP contribution is -2.51. The van der Waals surface area contributed by atoms with Gasteiger partial charge in [-0.3, -0.25) is 4.79 Å². The summed E-state index contributed by atoms with van der Waals surface area (Å²) in [6.45, 7) is 2.02. The highest BCUT2D eigenvalue weighted by atomic mass is 16.5. The zero-order valence-corrected chi connectivity index (χ0v) is 15.1. The lowest BCUT2D eigenvalue weighted by atomic mass is 9.66. The zero-order chi connectivity index (χ0) is 17.8. The quantitative estimate of drug-likeness (QED) is 0.610. The molecule has 2 aromatic rings. The number of nitrogens with zero attached hydrogens (tertiary/aromatic N) is 1. The molecule has 2 aliphatic heterocycles. The number of hydrogen-bond donors (Lipinski definition) is 2. The highest BCUT2D eigenvalue weighted by Gasteiger charge is 2.50. The summed E-state index contributed by atoms with van der Waals surface area (Å²) in [5.74, 6) is -0.0379. The van der Waals surface area contributed by atoms with E-state index in [1.165, 1.54) is 35.0 Å². The number of carbonyl (C=O) groups is 1. The van der Waals surface area contributed by atoms with Crippen molar-refractivity contribution in [1.82, 2.24) is 4.98 Å². The van der Waals surface area contributed by atoms with Crippen LogP contribution in [0.25, 0.3) is 10.9 Å². The summed E-state index contributed by atoms with van der Waals surface area (Å²) in [5.41, 5.74) is 5.13. The van der Waals surface area contributed by atoms with Crippen molar-refractivity contribution in [1.29, 1.82) is 0 Å². The summed E-state index contributed by atoms with van der Waals surface area (Å²) in [6, 6.07) is 8.48. The molecule has 5 nitrogen and oxygen atoms in total. The predicted octanol–water partition coefficient (Wildman–Crippen LogP) is 2.11. The molecule has 1 aromatic heterocycles. The number of methoxy groups -OCH3 is 1. The van der Waals surface area contributed by atoms with Gasteiger partial charge >= 0.3 is 5.97 Å². The van der Waals surface area contributed by atoms with Crippen LogP contribution in [0.15, 0.2) is 24.3 Å². The molecule has 4 atom stereocenters. The van der Waals surface area contributed by atoms with Crippen molar-refractivity contribution >= 4 is 22.6 Å². The number of aromatic amines is 1. The summed E-state index contributed by atoms with van der Waals surface area (Å²) >= 11 is 0. The Bertz CT molecular complexity index is 913. The van der Waals surface area contributed by atoms with Gasteiger partial charge in [0.25, 0.3) is 0 Å². The van der Waals surface area contributed by atoms with Crippen LogP contribution < -0.4 is 0 Å². The van der Waals surface area contributed by atoms with E-state index in [9.17, 15) is 9.90 Å². The van der Waals surface area contributed by atoms with Crippen LogP contribution in [-0.4, -0.2) is 52.7 Å². The largest absolute Gasteiger partial charge is 0.469 e. The molecule has 0 amide bonds. The van der Waals surface area contributed by atoms with Crippen molar-refractivity contribution in [3.63, 3.8) is 0 Å². The van der Waals surface area contributed by atoms with Crippen LogP contribution in [0.5, 0.6) is 0 Å². The van der Waals surface area contributed by atoms with E-state index in [4.69, 9.17) is 4.74 Å². The lowest BCUT2D eigenvalue weighted by molar-refractivity contribution is -0.545. The number of fused-ring (bicyclic) bond motifs is 5. The molecule has 0 radical (unpaired) electrons. The van der Waals surface area contributed by atoms with Gasteiger partial charge in [-0.15, -0.1) is 0 Å². The van der Waals surface area contributed by atoms with Gasteiger partial charge in [-0.25, -0.2) is 4.58 Å². The Morgan fingerprint density at radius 3 is 3.00 bits per heavy atom. The van der Waals surface area contributed by atoms with Crippen molar-refractivity contribution in [3.05, 3.63) is 35.5 Å². The number of esters is 1. The summed E-state index contributed by atoms with van der Waals surface area (Å²) in [6.07, 6.45) is 3.00. The summed E-state index contributed by atoms with van der Waals surface area (Å²) in [4.78, 5) is 16.0. The number of aliphatic hydroxyl groups excluding tert-OH is 1. The maximum atomic E-state index is 12.4. The Hall–Kier alpha value is -2.14. The van der Waals surface area contributed by atoms with Crippen LogP contribution in [0.4, 0.5) is 0 Å². The minimum absolute atomic E-state index is 0.162. The van der Waals surface area contributed by atoms with Gasteiger partial charge in [-0.1, -0.05) is 18.2 Å². The van der Waals surface area contributed by atoms with E-state index >= 15 is 0 Å². The van der Waals surface area contributed by atoms with E-state index in [1.54, 1.807) is 0 Å². The maximum Gasteiger partial charge on any atom is 0.311 e. The molecule has 2 N–H and O–H groups in total. The third-order valence-electron chi connectivity index (χ3n) is 6.79. The number of benzene rings is 1. The first-order valence-electron chi connectivity index (χ1n) is 9.64. The third kappa shape index (κ3) is 2.26. The van der Waals surface area contributed by atoms with Gasteiger partial charge in [0, 0.05) is 29.7 Å². The second-order valence-corrected chi connectivity index (χ2v) is 7.99. The van der Waals surface area contributed by atoms with Crippen molar-refractivity contribution in [2.45, 2.75) is 31.8 Å². The number of rotatable bonds is 1. The van der Waals surface area contributed by atoms with Crippen LogP contribution >= 0.6 is 0 Å². The number of aromatic nitrogens is 1. The standard InChI is InChI=1S/C21H24N2O3/c1-26-21(25)19-15-10-17-20-14(13-4-2-3-5-16(13)22-20)8-9-23(17)11-12(15)6-7-18(19)24/h2-5,12,15,18-19,24H,6-11H2,1H3/p+1. The number of H-pyrrole nitrogens is 1. The fourth-order valence-electron chi connectivity index (χ4n) is 5.53. The smallest absolute Gasteiger partial charge is 0.311 e. The highest BCUT2D eigenvalue weighted by Crippen LogP contribution is 2.42. The van der Waals surface area contributed by atoms with E-state index in [-0.39, 0.29) is 11.9 Å². The summed E-state index contributed by atoms with van der Waals surface area (Å²) in [5, 5.41) is 11.8. The van der Waals surface area contributed by atoms with E-state index in [0.29, 0.717) is 12.3 Å². The number of aliphatic hydroxyl groups is 1. The fourth-order valence-corrected chi connectivity index (χ4v) is 5.53. The third-order valence-corrected chi connectivity index (χ3v) is 6.79. The van der Waals surface area contributed by atoms with Crippen LogP contribution in [0.2, 0.25) is 0 Å². The first-order valence-corrected chi connectivity index (χ1v) is 9.64. The Kier molecular flexibility index (Phi) is 3.67. The Balaban J connectivity index is 1.57. The molecule has 0 bridgehead atoms. The van der Waals surface area contributed by atoms with E-state index in [2.05, 4.69) is 33.8 Å². The van der Waals surface area contributed by atoms with Gasteiger partial charge in [0.1, 0.15) is 18.8 Å². The second kappa shape index (κ2) is 5.95. The molecule has 1 saturated carbocycles. The van der Waals surface area contributed by atoms with Gasteiger partial charge in [0.05, 0.1) is 19.1 Å². The van der Waals surface area contributed by atoms with E-state index < -0.39 is 12.0 Å². The second-order valence-electron chi connectivity index (χ2n) is 7.99. The Labute approximate surface area is 152 Å². The predicted molar refractivity (Wildman–Crippen MR) is 98.4 cm³/mol. The zero-order valence-electron chi connectivity index (χ0n) is 15.1. The average molecular weight is 353 g/mol. The molecule has 3 aliphatic rings. The van der Waals surface area contributed by atoms with Crippen molar-refractivity contribution in [3.8, 4) is 0 Å². The van der Waals surface area contributed by atoms with Gasteiger partial charge in [-0.2, -0.15) is 0 Å². The molecule has 26 heavy (non-hydrogen) atoms. The van der Waals surface area contributed by atoms with Gasteiger partial charge in [0.15, 0.2) is 5.71 Å². The van der Waals surface area contributed by atoms with Gasteiger partial charge in [-0.05, 0) is 30.4 Å². The molecule has 1 aliphatic carbocycles.